The Kier molecular flexibility index (Phi) is 3.93. The molecule has 0 aromatic carbocycles. The fraction of sp³-hybridized carbons (Fsp3) is 0.538. The van der Waals surface area contributed by atoms with Crippen LogP contribution in [0.2, 0.25) is 0 Å². The first-order chi connectivity index (χ1) is 8.62. The average Bonchev–Trinajstić information content (AvgIpc) is 2.40. The lowest BCUT2D eigenvalue weighted by Gasteiger charge is -2.33. The minimum atomic E-state index is -0.792. The molecular formula is C13H19N3O2. The van der Waals surface area contributed by atoms with Gasteiger partial charge in [0.2, 0.25) is 5.91 Å². The lowest BCUT2D eigenvalue weighted by molar-refractivity contribution is -0.130. The molecule has 0 bridgehead atoms. The highest BCUT2D eigenvalue weighted by Gasteiger charge is 2.36. The molecule has 1 aromatic heterocycles. The van der Waals surface area contributed by atoms with Crippen molar-refractivity contribution in [1.29, 1.82) is 0 Å². The molecule has 1 aliphatic rings. The van der Waals surface area contributed by atoms with E-state index in [1.165, 1.54) is 0 Å². The molecule has 1 fully saturated rings. The zero-order valence-corrected chi connectivity index (χ0v) is 10.6. The van der Waals surface area contributed by atoms with Crippen LogP contribution in [-0.2, 0) is 9.53 Å². The van der Waals surface area contributed by atoms with Gasteiger partial charge in [0.25, 0.3) is 0 Å². The van der Waals surface area contributed by atoms with Gasteiger partial charge in [0.15, 0.2) is 0 Å². The van der Waals surface area contributed by atoms with Crippen LogP contribution < -0.4 is 11.1 Å². The first kappa shape index (κ1) is 13.0. The van der Waals surface area contributed by atoms with Crippen LogP contribution in [0.5, 0.6) is 0 Å². The Bertz CT molecular complexity index is 402. The van der Waals surface area contributed by atoms with Crippen LogP contribution in [0.3, 0.4) is 0 Å². The maximum atomic E-state index is 12.2. The predicted molar refractivity (Wildman–Crippen MR) is 67.8 cm³/mol. The van der Waals surface area contributed by atoms with E-state index >= 15 is 0 Å². The number of ether oxygens (including phenoxy) is 1. The van der Waals surface area contributed by atoms with Gasteiger partial charge in [-0.05, 0) is 37.5 Å². The molecule has 0 aliphatic carbocycles. The summed E-state index contributed by atoms with van der Waals surface area (Å²) in [6.07, 6.45) is 4.57. The summed E-state index contributed by atoms with van der Waals surface area (Å²) in [4.78, 5) is 16.2. The number of nitrogens with two attached hydrogens (primary N) is 1. The van der Waals surface area contributed by atoms with Crippen LogP contribution in [0, 0.1) is 0 Å². The number of carbonyl (C=O) groups excluding carboxylic acids is 1. The Morgan fingerprint density at radius 2 is 2.06 bits per heavy atom. The van der Waals surface area contributed by atoms with Gasteiger partial charge < -0.3 is 15.8 Å². The topological polar surface area (TPSA) is 77.2 Å². The minimum Gasteiger partial charge on any atom is -0.381 e. The predicted octanol–water partition coefficient (Wildman–Crippen LogP) is 0.767. The van der Waals surface area contributed by atoms with Gasteiger partial charge in [-0.3, -0.25) is 9.78 Å². The highest BCUT2D eigenvalue weighted by molar-refractivity contribution is 5.86. The van der Waals surface area contributed by atoms with Crippen LogP contribution in [0.25, 0.3) is 0 Å². The number of carbonyl (C=O) groups is 1. The molecule has 0 radical (unpaired) electrons. The number of hydrogen-bond donors (Lipinski definition) is 2. The monoisotopic (exact) mass is 249 g/mol. The first-order valence-corrected chi connectivity index (χ1v) is 6.19. The van der Waals surface area contributed by atoms with Crippen molar-refractivity contribution in [1.82, 2.24) is 10.3 Å². The highest BCUT2D eigenvalue weighted by Crippen LogP contribution is 2.20. The van der Waals surface area contributed by atoms with Gasteiger partial charge >= 0.3 is 0 Å². The Morgan fingerprint density at radius 3 is 2.67 bits per heavy atom. The van der Waals surface area contributed by atoms with E-state index in [1.807, 2.05) is 19.1 Å². The van der Waals surface area contributed by atoms with Crippen molar-refractivity contribution in [3.63, 3.8) is 0 Å². The molecule has 2 rings (SSSR count). The van der Waals surface area contributed by atoms with E-state index in [9.17, 15) is 4.79 Å². The largest absolute Gasteiger partial charge is 0.381 e. The van der Waals surface area contributed by atoms with E-state index in [1.54, 1.807) is 12.4 Å². The molecule has 2 heterocycles. The summed E-state index contributed by atoms with van der Waals surface area (Å²) in [5.41, 5.74) is 6.35. The molecule has 5 heteroatoms. The molecule has 98 valence electrons. The minimum absolute atomic E-state index is 0.0660. The first-order valence-electron chi connectivity index (χ1n) is 6.19. The summed E-state index contributed by atoms with van der Waals surface area (Å²) in [5.74, 6) is -0.102. The van der Waals surface area contributed by atoms with Crippen molar-refractivity contribution < 1.29 is 9.53 Å². The van der Waals surface area contributed by atoms with Crippen molar-refractivity contribution in [2.45, 2.75) is 31.3 Å². The second kappa shape index (κ2) is 5.46. The molecule has 18 heavy (non-hydrogen) atoms. The van der Waals surface area contributed by atoms with Gasteiger partial charge in [-0.15, -0.1) is 0 Å². The van der Waals surface area contributed by atoms with Crippen molar-refractivity contribution in [2.75, 3.05) is 13.2 Å². The summed E-state index contributed by atoms with van der Waals surface area (Å²) >= 11 is 0. The van der Waals surface area contributed by atoms with Crippen molar-refractivity contribution in [3.05, 3.63) is 30.1 Å². The fourth-order valence-corrected chi connectivity index (χ4v) is 2.04. The van der Waals surface area contributed by atoms with E-state index in [0.29, 0.717) is 26.1 Å². The zero-order valence-electron chi connectivity index (χ0n) is 10.6. The third-order valence-electron chi connectivity index (χ3n) is 3.39. The molecular weight excluding hydrogens is 230 g/mol. The maximum absolute atomic E-state index is 12.2. The Balaban J connectivity index is 1.98. The van der Waals surface area contributed by atoms with E-state index in [4.69, 9.17) is 10.5 Å². The maximum Gasteiger partial charge on any atom is 0.240 e. The van der Waals surface area contributed by atoms with E-state index in [2.05, 4.69) is 10.3 Å². The lowest BCUT2D eigenvalue weighted by atomic mass is 9.90. The van der Waals surface area contributed by atoms with Crippen LogP contribution in [-0.4, -0.2) is 29.6 Å². The van der Waals surface area contributed by atoms with Gasteiger partial charge in [-0.25, -0.2) is 0 Å². The number of amides is 1. The summed E-state index contributed by atoms with van der Waals surface area (Å²) in [5, 5.41) is 2.96. The molecule has 1 amide bonds. The van der Waals surface area contributed by atoms with Gasteiger partial charge in [-0.1, -0.05) is 0 Å². The van der Waals surface area contributed by atoms with Crippen LogP contribution in [0.1, 0.15) is 31.4 Å². The van der Waals surface area contributed by atoms with E-state index < -0.39 is 5.54 Å². The van der Waals surface area contributed by atoms with Crippen molar-refractivity contribution in [3.8, 4) is 0 Å². The number of hydrogen-bond acceptors (Lipinski definition) is 4. The van der Waals surface area contributed by atoms with Crippen molar-refractivity contribution >= 4 is 5.91 Å². The van der Waals surface area contributed by atoms with Gasteiger partial charge in [0.1, 0.15) is 0 Å². The molecule has 1 aromatic rings. The third kappa shape index (κ3) is 2.86. The number of nitrogens with one attached hydrogen (secondary N) is 1. The third-order valence-corrected chi connectivity index (χ3v) is 3.39. The molecule has 1 saturated heterocycles. The molecule has 5 nitrogen and oxygen atoms in total. The Hall–Kier alpha value is -1.46. The van der Waals surface area contributed by atoms with E-state index in [0.717, 1.165) is 5.56 Å². The molecule has 1 atom stereocenters. The Labute approximate surface area is 107 Å². The standard InChI is InChI=1S/C13H19N3O2/c1-10(11-2-6-15-7-3-11)16-12(17)13(14)4-8-18-9-5-13/h2-3,6-7,10H,4-5,8-9,14H2,1H3,(H,16,17). The molecule has 0 spiro atoms. The molecule has 3 N–H and O–H groups in total. The smallest absolute Gasteiger partial charge is 0.240 e. The van der Waals surface area contributed by atoms with Crippen LogP contribution in [0.15, 0.2) is 24.5 Å². The quantitative estimate of drug-likeness (QED) is 0.829. The lowest BCUT2D eigenvalue weighted by Crippen LogP contribution is -2.57. The average molecular weight is 249 g/mol. The summed E-state index contributed by atoms with van der Waals surface area (Å²) < 4.78 is 5.24. The molecule has 1 aliphatic heterocycles. The molecule has 0 saturated carbocycles. The van der Waals surface area contributed by atoms with Crippen LogP contribution >= 0.6 is 0 Å². The normalized spacial score (nSPS) is 20.1. The highest BCUT2D eigenvalue weighted by atomic mass is 16.5. The number of pyridine rings is 1. The van der Waals surface area contributed by atoms with Gasteiger partial charge in [0.05, 0.1) is 11.6 Å². The SMILES string of the molecule is CC(NC(=O)C1(N)CCOCC1)c1ccncc1. The van der Waals surface area contributed by atoms with Crippen molar-refractivity contribution in [2.24, 2.45) is 5.73 Å². The second-order valence-electron chi connectivity index (χ2n) is 4.74. The number of aromatic nitrogens is 1. The van der Waals surface area contributed by atoms with Crippen LogP contribution in [0.4, 0.5) is 0 Å². The number of rotatable bonds is 3. The molecule has 1 unspecified atom stereocenters. The second-order valence-corrected chi connectivity index (χ2v) is 4.74. The van der Waals surface area contributed by atoms with E-state index in [-0.39, 0.29) is 11.9 Å². The summed E-state index contributed by atoms with van der Waals surface area (Å²) in [6.45, 7) is 3.04. The summed E-state index contributed by atoms with van der Waals surface area (Å²) in [6, 6.07) is 3.71. The fourth-order valence-electron chi connectivity index (χ4n) is 2.04. The Morgan fingerprint density at radius 1 is 1.44 bits per heavy atom. The zero-order chi connectivity index (χ0) is 13.0. The van der Waals surface area contributed by atoms with Gasteiger partial charge in [0, 0.05) is 25.6 Å². The summed E-state index contributed by atoms with van der Waals surface area (Å²) in [7, 11) is 0. The number of nitrogens with zero attached hydrogens (tertiary/aromatic N) is 1. The van der Waals surface area contributed by atoms with Gasteiger partial charge in [-0.2, -0.15) is 0 Å².